The van der Waals surface area contributed by atoms with Crippen molar-refractivity contribution in [2.75, 3.05) is 39.6 Å². The fraction of sp³-hybridized carbons (Fsp3) is 0.907. The van der Waals surface area contributed by atoms with Gasteiger partial charge in [0.1, 0.15) is 19.3 Å². The summed E-state index contributed by atoms with van der Waals surface area (Å²) in [6.45, 7) is 4.39. The fourth-order valence-corrected chi connectivity index (χ4v) is 7.50. The van der Waals surface area contributed by atoms with Crippen LogP contribution in [0.5, 0.6) is 0 Å². The van der Waals surface area contributed by atoms with Crippen LogP contribution in [-0.4, -0.2) is 96.7 Å². The van der Waals surface area contributed by atoms with Crippen LogP contribution in [0.4, 0.5) is 0 Å². The van der Waals surface area contributed by atoms with Gasteiger partial charge in [0.05, 0.1) is 26.4 Å². The van der Waals surface area contributed by atoms with Crippen molar-refractivity contribution >= 4 is 39.5 Å². The Bertz CT molecular complexity index is 1250. The molecule has 3 N–H and O–H groups in total. The van der Waals surface area contributed by atoms with Crippen LogP contribution in [0.25, 0.3) is 0 Å². The Morgan fingerprint density at radius 2 is 0.645 bits per heavy atom. The van der Waals surface area contributed by atoms with Gasteiger partial charge in [0.25, 0.3) is 0 Å². The Hall–Kier alpha value is -1.94. The van der Waals surface area contributed by atoms with E-state index in [1.54, 1.807) is 0 Å². The zero-order chi connectivity index (χ0) is 46.3. The molecule has 5 atom stereocenters. The maximum atomic E-state index is 12.7. The number of phosphoric ester groups is 2. The van der Waals surface area contributed by atoms with E-state index in [9.17, 15) is 43.2 Å². The zero-order valence-electron chi connectivity index (χ0n) is 38.3. The van der Waals surface area contributed by atoms with Crippen LogP contribution in [0.3, 0.4) is 0 Å². The number of carbonyl (C=O) groups excluding carboxylic acids is 4. The van der Waals surface area contributed by atoms with Gasteiger partial charge in [0.2, 0.25) is 0 Å². The van der Waals surface area contributed by atoms with Crippen molar-refractivity contribution in [1.82, 2.24) is 0 Å². The number of ether oxygens (including phenoxy) is 4. The molecule has 366 valence electrons. The molecule has 19 heteroatoms. The van der Waals surface area contributed by atoms with Gasteiger partial charge in [-0.25, -0.2) is 9.13 Å². The number of aliphatic hydroxyl groups excluding tert-OH is 1. The fourth-order valence-electron chi connectivity index (χ4n) is 5.92. The van der Waals surface area contributed by atoms with Gasteiger partial charge < -0.3 is 33.8 Å². The lowest BCUT2D eigenvalue weighted by molar-refractivity contribution is -0.161. The van der Waals surface area contributed by atoms with Crippen LogP contribution in [0, 0.1) is 0 Å². The van der Waals surface area contributed by atoms with E-state index in [2.05, 4.69) is 20.8 Å². The van der Waals surface area contributed by atoms with E-state index in [-0.39, 0.29) is 25.7 Å². The minimum absolute atomic E-state index is 0.0982. The van der Waals surface area contributed by atoms with Gasteiger partial charge in [-0.2, -0.15) is 0 Å². The first-order valence-corrected chi connectivity index (χ1v) is 26.3. The number of unbranched alkanes of at least 4 members (excludes halogenated alkanes) is 18. The molecule has 2 unspecified atom stereocenters. The molecule has 0 radical (unpaired) electrons. The van der Waals surface area contributed by atoms with Gasteiger partial charge in [0, 0.05) is 25.7 Å². The number of rotatable bonds is 44. The van der Waals surface area contributed by atoms with E-state index in [1.807, 2.05) is 6.92 Å². The van der Waals surface area contributed by atoms with E-state index in [0.29, 0.717) is 25.7 Å². The Morgan fingerprint density at radius 1 is 0.387 bits per heavy atom. The molecule has 0 aromatic heterocycles. The van der Waals surface area contributed by atoms with Crippen LogP contribution < -0.4 is 0 Å². The van der Waals surface area contributed by atoms with Crippen molar-refractivity contribution in [2.45, 2.75) is 213 Å². The average Bonchev–Trinajstić information content (AvgIpc) is 3.23. The van der Waals surface area contributed by atoms with Crippen molar-refractivity contribution < 1.29 is 80.2 Å². The van der Waals surface area contributed by atoms with Gasteiger partial charge in [-0.05, 0) is 25.7 Å². The van der Waals surface area contributed by atoms with Crippen LogP contribution in [-0.2, 0) is 65.4 Å². The molecule has 0 aliphatic carbocycles. The molecule has 0 saturated carbocycles. The largest absolute Gasteiger partial charge is 0.472 e. The monoisotopic (exact) mass is 933 g/mol. The standard InChI is InChI=1S/C43H82O17P2/c1-5-9-13-17-19-22-24-28-41(46)54-34-39(60-43(48)30-26-21-18-14-10-6-2)36-58-62(51,52)56-32-37(44)31-55-61(49,50)57-35-38(33-53-40(45)27-23-16-12-8-4)59-42(47)29-25-20-15-11-7-3/h37-39,44H,5-36H2,1-4H3,(H,49,50)(H,51,52)/t37-,38+,39+/m0/s1. The minimum Gasteiger partial charge on any atom is -0.462 e. The molecule has 0 aliphatic heterocycles. The number of hydrogen-bond donors (Lipinski definition) is 3. The van der Waals surface area contributed by atoms with Crippen molar-refractivity contribution in [2.24, 2.45) is 0 Å². The second kappa shape index (κ2) is 39.4. The molecule has 0 saturated heterocycles. The maximum Gasteiger partial charge on any atom is 0.472 e. The highest BCUT2D eigenvalue weighted by Crippen LogP contribution is 2.45. The molecule has 0 bridgehead atoms. The maximum absolute atomic E-state index is 12.7. The first-order valence-electron chi connectivity index (χ1n) is 23.3. The molecule has 17 nitrogen and oxygen atoms in total. The summed E-state index contributed by atoms with van der Waals surface area (Å²) in [7, 11) is -9.81. The molecule has 0 amide bonds. The van der Waals surface area contributed by atoms with Crippen molar-refractivity contribution in [3.05, 3.63) is 0 Å². The zero-order valence-corrected chi connectivity index (χ0v) is 40.1. The molecule has 0 rings (SSSR count). The predicted molar refractivity (Wildman–Crippen MR) is 234 cm³/mol. The molecule has 0 fully saturated rings. The number of aliphatic hydroxyl groups is 1. The van der Waals surface area contributed by atoms with E-state index in [4.69, 9.17) is 37.0 Å². The third kappa shape index (κ3) is 38.5. The van der Waals surface area contributed by atoms with Gasteiger partial charge >= 0.3 is 39.5 Å². The first-order chi connectivity index (χ1) is 29.7. The summed E-state index contributed by atoms with van der Waals surface area (Å²) in [4.78, 5) is 70.3. The second-order valence-electron chi connectivity index (χ2n) is 15.7. The first kappa shape index (κ1) is 60.1. The highest BCUT2D eigenvalue weighted by Gasteiger charge is 2.30. The summed E-state index contributed by atoms with van der Waals surface area (Å²) in [6, 6.07) is 0. The Morgan fingerprint density at radius 3 is 0.968 bits per heavy atom. The summed E-state index contributed by atoms with van der Waals surface area (Å²) in [5, 5.41) is 10.3. The third-order valence-corrected chi connectivity index (χ3v) is 11.5. The highest BCUT2D eigenvalue weighted by molar-refractivity contribution is 7.47. The lowest BCUT2D eigenvalue weighted by Crippen LogP contribution is -2.30. The lowest BCUT2D eigenvalue weighted by atomic mass is 10.1. The van der Waals surface area contributed by atoms with E-state index in [1.165, 1.54) is 6.42 Å². The number of carbonyl (C=O) groups is 4. The predicted octanol–water partition coefficient (Wildman–Crippen LogP) is 9.75. The molecule has 0 aliphatic rings. The summed E-state index contributed by atoms with van der Waals surface area (Å²) in [6.07, 6.45) is 17.0. The third-order valence-electron chi connectivity index (χ3n) is 9.60. The van der Waals surface area contributed by atoms with Gasteiger partial charge in [-0.15, -0.1) is 0 Å². The Balaban J connectivity index is 5.11. The topological polar surface area (TPSA) is 237 Å². The van der Waals surface area contributed by atoms with E-state index >= 15 is 0 Å². The SMILES string of the molecule is CCCCCCCCCC(=O)OC[C@H](COP(=O)(O)OC[C@@H](O)COP(=O)(O)OC[C@@H](COC(=O)CCCCCC)OC(=O)CCCCCCC)OC(=O)CCCCCCCC. The Kier molecular flexibility index (Phi) is 38.2. The normalized spacial score (nSPS) is 14.9. The summed E-state index contributed by atoms with van der Waals surface area (Å²) >= 11 is 0. The average molecular weight is 933 g/mol. The molecule has 62 heavy (non-hydrogen) atoms. The molecule has 0 aromatic carbocycles. The van der Waals surface area contributed by atoms with Crippen LogP contribution in [0.2, 0.25) is 0 Å². The van der Waals surface area contributed by atoms with Crippen LogP contribution in [0.1, 0.15) is 195 Å². The minimum atomic E-state index is -4.91. The summed E-state index contributed by atoms with van der Waals surface area (Å²) in [5.41, 5.74) is 0. The van der Waals surface area contributed by atoms with Crippen molar-refractivity contribution in [3.8, 4) is 0 Å². The quantitative estimate of drug-likeness (QED) is 0.0223. The van der Waals surface area contributed by atoms with Gasteiger partial charge in [-0.3, -0.25) is 37.3 Å². The Labute approximate surface area is 371 Å². The summed E-state index contributed by atoms with van der Waals surface area (Å²) < 4.78 is 66.3. The van der Waals surface area contributed by atoms with Gasteiger partial charge in [0.15, 0.2) is 12.2 Å². The number of hydrogen-bond acceptors (Lipinski definition) is 15. The van der Waals surface area contributed by atoms with E-state index < -0.39 is 97.5 Å². The smallest absolute Gasteiger partial charge is 0.462 e. The molecule has 0 heterocycles. The molecule has 0 aromatic rings. The van der Waals surface area contributed by atoms with Crippen molar-refractivity contribution in [1.29, 1.82) is 0 Å². The number of phosphoric acid groups is 2. The molecular formula is C43H82O17P2. The molecular weight excluding hydrogens is 850 g/mol. The van der Waals surface area contributed by atoms with E-state index in [0.717, 1.165) is 109 Å². The van der Waals surface area contributed by atoms with Gasteiger partial charge in [-0.1, -0.05) is 143 Å². The molecule has 0 spiro atoms. The van der Waals surface area contributed by atoms with Crippen molar-refractivity contribution in [3.63, 3.8) is 0 Å². The number of esters is 4. The second-order valence-corrected chi connectivity index (χ2v) is 18.6. The highest BCUT2D eigenvalue weighted by atomic mass is 31.2. The summed E-state index contributed by atoms with van der Waals surface area (Å²) in [5.74, 6) is -2.21. The van der Waals surface area contributed by atoms with Crippen LogP contribution >= 0.6 is 15.6 Å². The van der Waals surface area contributed by atoms with Crippen LogP contribution in [0.15, 0.2) is 0 Å². The lowest BCUT2D eigenvalue weighted by Gasteiger charge is -2.21.